The summed E-state index contributed by atoms with van der Waals surface area (Å²) in [7, 11) is -4.43. The van der Waals surface area contributed by atoms with Gasteiger partial charge in [0.2, 0.25) is 0 Å². The van der Waals surface area contributed by atoms with Gasteiger partial charge in [-0.05, 0) is 34.7 Å². The first-order chi connectivity index (χ1) is 7.41. The molecule has 0 saturated heterocycles. The number of benzene rings is 1. The zero-order valence-corrected chi connectivity index (χ0v) is 10.7. The van der Waals surface area contributed by atoms with E-state index in [-0.39, 0.29) is 9.32 Å². The summed E-state index contributed by atoms with van der Waals surface area (Å²) in [4.78, 5) is 3.80. The van der Waals surface area contributed by atoms with Crippen LogP contribution < -0.4 is 0 Å². The van der Waals surface area contributed by atoms with Gasteiger partial charge >= 0.3 is 10.1 Å². The highest BCUT2D eigenvalue weighted by Gasteiger charge is 2.21. The van der Waals surface area contributed by atoms with Crippen molar-refractivity contribution in [2.24, 2.45) is 0 Å². The van der Waals surface area contributed by atoms with Crippen molar-refractivity contribution in [3.05, 3.63) is 27.8 Å². The number of aromatic hydroxyl groups is 1. The van der Waals surface area contributed by atoms with E-state index in [9.17, 15) is 13.5 Å². The Morgan fingerprint density at radius 3 is 2.50 bits per heavy atom. The third-order valence-corrected chi connectivity index (χ3v) is 4.19. The Balaban J connectivity index is 2.95. The van der Waals surface area contributed by atoms with E-state index in [1.165, 1.54) is 0 Å². The minimum absolute atomic E-state index is 0.0128. The monoisotopic (exact) mass is 351 g/mol. The van der Waals surface area contributed by atoms with Crippen molar-refractivity contribution in [3.8, 4) is 5.75 Å². The van der Waals surface area contributed by atoms with Crippen LogP contribution >= 0.6 is 22.6 Å². The van der Waals surface area contributed by atoms with Crippen LogP contribution in [0.25, 0.3) is 10.9 Å². The zero-order chi connectivity index (χ0) is 11.9. The molecule has 7 heteroatoms. The fraction of sp³-hybridized carbons (Fsp3) is 0. The van der Waals surface area contributed by atoms with Gasteiger partial charge in [0, 0.05) is 5.39 Å². The molecular weight excluding hydrogens is 345 g/mol. The Labute approximate surface area is 105 Å². The average Bonchev–Trinajstić information content (AvgIpc) is 2.22. The first-order valence-electron chi connectivity index (χ1n) is 4.16. The lowest BCUT2D eigenvalue weighted by Gasteiger charge is -2.06. The normalized spacial score (nSPS) is 11.9. The van der Waals surface area contributed by atoms with Gasteiger partial charge in [-0.3, -0.25) is 4.55 Å². The number of hydrogen-bond acceptors (Lipinski definition) is 4. The molecule has 1 aromatic carbocycles. The largest absolute Gasteiger partial charge is 0.506 e. The minimum atomic E-state index is -4.43. The average molecular weight is 351 g/mol. The molecule has 0 saturated carbocycles. The minimum Gasteiger partial charge on any atom is -0.506 e. The van der Waals surface area contributed by atoms with E-state index in [4.69, 9.17) is 4.55 Å². The van der Waals surface area contributed by atoms with Crippen LogP contribution in [0.3, 0.4) is 0 Å². The summed E-state index contributed by atoms with van der Waals surface area (Å²) in [6.07, 6.45) is 0. The molecule has 0 atom stereocenters. The van der Waals surface area contributed by atoms with Gasteiger partial charge in [-0.1, -0.05) is 12.1 Å². The fourth-order valence-electron chi connectivity index (χ4n) is 1.32. The summed E-state index contributed by atoms with van der Waals surface area (Å²) in [5.74, 6) is -0.196. The second-order valence-electron chi connectivity index (χ2n) is 3.07. The van der Waals surface area contributed by atoms with E-state index in [0.717, 1.165) is 0 Å². The first kappa shape index (κ1) is 11.6. The van der Waals surface area contributed by atoms with Gasteiger partial charge in [0.15, 0.2) is 5.03 Å². The van der Waals surface area contributed by atoms with Crippen LogP contribution in [-0.4, -0.2) is 23.1 Å². The van der Waals surface area contributed by atoms with E-state index >= 15 is 0 Å². The molecule has 0 fully saturated rings. The van der Waals surface area contributed by atoms with Gasteiger partial charge in [0.1, 0.15) is 5.75 Å². The van der Waals surface area contributed by atoms with Crippen LogP contribution in [0.5, 0.6) is 5.75 Å². The van der Waals surface area contributed by atoms with Crippen LogP contribution in [-0.2, 0) is 10.1 Å². The number of aromatic nitrogens is 1. The molecule has 0 aliphatic carbocycles. The van der Waals surface area contributed by atoms with Crippen LogP contribution in [0, 0.1) is 3.57 Å². The molecule has 2 N–H and O–H groups in total. The van der Waals surface area contributed by atoms with Gasteiger partial charge < -0.3 is 5.11 Å². The van der Waals surface area contributed by atoms with Crippen molar-refractivity contribution < 1.29 is 18.1 Å². The molecule has 2 rings (SSSR count). The van der Waals surface area contributed by atoms with Crippen molar-refractivity contribution in [1.82, 2.24) is 4.98 Å². The molecule has 1 aromatic heterocycles. The molecular formula is C9H6INO4S. The maximum absolute atomic E-state index is 11.0. The lowest BCUT2D eigenvalue weighted by molar-refractivity contribution is 0.463. The molecule has 1 heterocycles. The molecule has 0 unspecified atom stereocenters. The first-order valence-corrected chi connectivity index (χ1v) is 6.68. The SMILES string of the molecule is O=S(=O)(O)c1nc2ccccc2c(O)c1I. The van der Waals surface area contributed by atoms with E-state index < -0.39 is 15.1 Å². The van der Waals surface area contributed by atoms with Crippen LogP contribution in [0.15, 0.2) is 29.3 Å². The number of hydrogen-bond donors (Lipinski definition) is 2. The van der Waals surface area contributed by atoms with Crippen LogP contribution in [0.2, 0.25) is 0 Å². The highest BCUT2D eigenvalue weighted by Crippen LogP contribution is 2.32. The Kier molecular flexibility index (Phi) is 2.76. The summed E-state index contributed by atoms with van der Waals surface area (Å²) in [6, 6.07) is 6.54. The number of nitrogens with zero attached hydrogens (tertiary/aromatic N) is 1. The second-order valence-corrected chi connectivity index (χ2v) is 5.49. The molecule has 84 valence electrons. The molecule has 0 bridgehead atoms. The Morgan fingerprint density at radius 2 is 1.88 bits per heavy atom. The van der Waals surface area contributed by atoms with Crippen molar-refractivity contribution in [1.29, 1.82) is 0 Å². The van der Waals surface area contributed by atoms with E-state index in [2.05, 4.69) is 4.98 Å². The number of pyridine rings is 1. The summed E-state index contributed by atoms with van der Waals surface area (Å²) in [5.41, 5.74) is 0.313. The summed E-state index contributed by atoms with van der Waals surface area (Å²) in [6.45, 7) is 0. The standard InChI is InChI=1S/C9H6INO4S/c10-7-8(12)5-3-1-2-4-6(5)11-9(7)16(13,14)15/h1-4H,(H,11,12)(H,13,14,15). The zero-order valence-electron chi connectivity index (χ0n) is 7.75. The van der Waals surface area contributed by atoms with Gasteiger partial charge in [0.25, 0.3) is 0 Å². The Bertz CT molecular complexity index is 669. The Hall–Kier alpha value is -0.930. The van der Waals surface area contributed by atoms with Gasteiger partial charge in [-0.25, -0.2) is 4.98 Å². The molecule has 0 spiro atoms. The Morgan fingerprint density at radius 1 is 1.25 bits per heavy atom. The van der Waals surface area contributed by atoms with Gasteiger partial charge in [0.05, 0.1) is 9.09 Å². The lowest BCUT2D eigenvalue weighted by atomic mass is 10.2. The van der Waals surface area contributed by atoms with Gasteiger partial charge in [-0.15, -0.1) is 0 Å². The topological polar surface area (TPSA) is 87.5 Å². The second kappa shape index (κ2) is 3.82. The highest BCUT2D eigenvalue weighted by atomic mass is 127. The van der Waals surface area contributed by atoms with E-state index in [1.54, 1.807) is 46.9 Å². The molecule has 16 heavy (non-hydrogen) atoms. The number of rotatable bonds is 1. The van der Waals surface area contributed by atoms with Crippen LogP contribution in [0.4, 0.5) is 0 Å². The third-order valence-electron chi connectivity index (χ3n) is 2.02. The van der Waals surface area contributed by atoms with Crippen LogP contribution in [0.1, 0.15) is 0 Å². The molecule has 0 radical (unpaired) electrons. The summed E-state index contributed by atoms with van der Waals surface area (Å²) < 4.78 is 31.0. The van der Waals surface area contributed by atoms with Crippen molar-refractivity contribution >= 4 is 43.6 Å². The summed E-state index contributed by atoms with van der Waals surface area (Å²) in [5, 5.41) is 9.70. The van der Waals surface area contributed by atoms with Crippen molar-refractivity contribution in [2.45, 2.75) is 5.03 Å². The molecule has 2 aromatic rings. The molecule has 0 aliphatic heterocycles. The molecule has 5 nitrogen and oxygen atoms in total. The number of para-hydroxylation sites is 1. The van der Waals surface area contributed by atoms with E-state index in [1.807, 2.05) is 0 Å². The third kappa shape index (κ3) is 1.85. The molecule has 0 aliphatic rings. The quantitative estimate of drug-likeness (QED) is 0.604. The van der Waals surface area contributed by atoms with Crippen molar-refractivity contribution in [2.75, 3.05) is 0 Å². The number of fused-ring (bicyclic) bond motifs is 1. The maximum Gasteiger partial charge on any atom is 0.313 e. The van der Waals surface area contributed by atoms with Gasteiger partial charge in [-0.2, -0.15) is 8.42 Å². The smallest absolute Gasteiger partial charge is 0.313 e. The van der Waals surface area contributed by atoms with E-state index in [0.29, 0.717) is 10.9 Å². The fourth-order valence-corrected chi connectivity index (χ4v) is 3.10. The predicted octanol–water partition coefficient (Wildman–Crippen LogP) is 1.79. The highest BCUT2D eigenvalue weighted by molar-refractivity contribution is 14.1. The predicted molar refractivity (Wildman–Crippen MR) is 65.9 cm³/mol. The maximum atomic E-state index is 11.0. The lowest BCUT2D eigenvalue weighted by Crippen LogP contribution is -2.04. The molecule has 0 amide bonds. The van der Waals surface area contributed by atoms with Crippen molar-refractivity contribution in [3.63, 3.8) is 0 Å². The summed E-state index contributed by atoms with van der Waals surface area (Å²) >= 11 is 1.63. The number of halogens is 1.